The number of thiocarbonyl (C=S) groups is 1. The minimum Gasteiger partial charge on any atom is -0.307 e. The van der Waals surface area contributed by atoms with Gasteiger partial charge in [-0.2, -0.15) is 0 Å². The highest BCUT2D eigenvalue weighted by molar-refractivity contribution is 7.80. The predicted octanol–water partition coefficient (Wildman–Crippen LogP) is 0.198. The lowest BCUT2D eigenvalue weighted by Crippen LogP contribution is -2.30. The third kappa shape index (κ3) is 1.27. The van der Waals surface area contributed by atoms with E-state index in [4.69, 9.17) is 12.2 Å². The van der Waals surface area contributed by atoms with Gasteiger partial charge in [0.05, 0.1) is 11.3 Å². The molecule has 0 amide bonds. The first-order valence-corrected chi connectivity index (χ1v) is 4.15. The lowest BCUT2D eigenvalue weighted by atomic mass is 10.0. The van der Waals surface area contributed by atoms with Crippen LogP contribution in [0.25, 0.3) is 6.08 Å². The molecular formula is C8H6N2O2S. The van der Waals surface area contributed by atoms with Gasteiger partial charge in [0.25, 0.3) is 5.56 Å². The molecule has 1 aromatic heterocycles. The van der Waals surface area contributed by atoms with Crippen molar-refractivity contribution in [3.8, 4) is 0 Å². The van der Waals surface area contributed by atoms with Crippen molar-refractivity contribution in [2.45, 2.75) is 6.42 Å². The molecule has 0 aliphatic heterocycles. The van der Waals surface area contributed by atoms with Gasteiger partial charge in [-0.25, -0.2) is 4.79 Å². The van der Waals surface area contributed by atoms with Gasteiger partial charge in [0.2, 0.25) is 0 Å². The molecule has 1 heterocycles. The SMILES string of the molecule is O=c1[nH]c2c(c(=O)[nH]1)C(=S)CC=C2. The topological polar surface area (TPSA) is 65.7 Å². The first-order chi connectivity index (χ1) is 6.18. The Morgan fingerprint density at radius 3 is 2.85 bits per heavy atom. The van der Waals surface area contributed by atoms with E-state index < -0.39 is 11.2 Å². The fourth-order valence-corrected chi connectivity index (χ4v) is 1.59. The van der Waals surface area contributed by atoms with Gasteiger partial charge in [0, 0.05) is 11.3 Å². The van der Waals surface area contributed by atoms with E-state index >= 15 is 0 Å². The van der Waals surface area contributed by atoms with Crippen molar-refractivity contribution in [2.24, 2.45) is 0 Å². The minimum absolute atomic E-state index is 0.409. The van der Waals surface area contributed by atoms with Gasteiger partial charge in [-0.05, 0) is 6.08 Å². The number of H-pyrrole nitrogens is 2. The number of allylic oxidation sites excluding steroid dienone is 1. The highest BCUT2D eigenvalue weighted by atomic mass is 32.1. The van der Waals surface area contributed by atoms with Gasteiger partial charge < -0.3 is 4.98 Å². The summed E-state index contributed by atoms with van der Waals surface area (Å²) in [5, 5.41) is 0. The summed E-state index contributed by atoms with van der Waals surface area (Å²) < 4.78 is 0. The van der Waals surface area contributed by atoms with Crippen molar-refractivity contribution in [1.29, 1.82) is 0 Å². The van der Waals surface area contributed by atoms with E-state index in [2.05, 4.69) is 9.97 Å². The Balaban J connectivity index is 2.87. The van der Waals surface area contributed by atoms with Crippen LogP contribution in [0.1, 0.15) is 17.7 Å². The Morgan fingerprint density at radius 1 is 1.31 bits per heavy atom. The van der Waals surface area contributed by atoms with E-state index in [1.807, 2.05) is 6.08 Å². The number of nitrogens with one attached hydrogen (secondary N) is 2. The lowest BCUT2D eigenvalue weighted by Gasteiger charge is -2.08. The normalized spacial score (nSPS) is 14.3. The monoisotopic (exact) mass is 194 g/mol. The summed E-state index contributed by atoms with van der Waals surface area (Å²) in [7, 11) is 0. The van der Waals surface area contributed by atoms with Crippen LogP contribution in [0.5, 0.6) is 0 Å². The van der Waals surface area contributed by atoms with E-state index in [1.165, 1.54) is 0 Å². The van der Waals surface area contributed by atoms with Crippen LogP contribution in [0.15, 0.2) is 15.7 Å². The fraction of sp³-hybridized carbons (Fsp3) is 0.125. The highest BCUT2D eigenvalue weighted by Crippen LogP contribution is 2.12. The predicted molar refractivity (Wildman–Crippen MR) is 53.0 cm³/mol. The second kappa shape index (κ2) is 2.77. The summed E-state index contributed by atoms with van der Waals surface area (Å²) in [6.07, 6.45) is 4.10. The molecule has 5 heteroatoms. The number of aromatic nitrogens is 2. The van der Waals surface area contributed by atoms with Crippen molar-refractivity contribution in [2.75, 3.05) is 0 Å². The minimum atomic E-state index is -0.502. The van der Waals surface area contributed by atoms with Crippen LogP contribution in [-0.4, -0.2) is 14.8 Å². The van der Waals surface area contributed by atoms with E-state index in [9.17, 15) is 9.59 Å². The molecule has 0 aromatic carbocycles. The van der Waals surface area contributed by atoms with E-state index in [0.29, 0.717) is 22.5 Å². The maximum Gasteiger partial charge on any atom is 0.326 e. The first kappa shape index (κ1) is 8.12. The smallest absolute Gasteiger partial charge is 0.307 e. The summed E-state index contributed by atoms with van der Waals surface area (Å²) in [5.74, 6) is 0. The van der Waals surface area contributed by atoms with E-state index in [-0.39, 0.29) is 0 Å². The highest BCUT2D eigenvalue weighted by Gasteiger charge is 2.14. The standard InChI is InChI=1S/C8H6N2O2S/c11-7-6-4(9-8(12)10-7)2-1-3-5(6)13/h1-2H,3H2,(H2,9,10,11,12). The Bertz CT molecular complexity index is 510. The Kier molecular flexibility index (Phi) is 1.73. The molecule has 2 rings (SSSR count). The van der Waals surface area contributed by atoms with Crippen molar-refractivity contribution >= 4 is 23.2 Å². The van der Waals surface area contributed by atoms with Gasteiger partial charge in [-0.3, -0.25) is 9.78 Å². The zero-order chi connectivity index (χ0) is 9.42. The van der Waals surface area contributed by atoms with Crippen molar-refractivity contribution in [1.82, 2.24) is 9.97 Å². The molecule has 0 saturated carbocycles. The van der Waals surface area contributed by atoms with Crippen molar-refractivity contribution in [3.63, 3.8) is 0 Å². The molecule has 0 spiro atoms. The Hall–Kier alpha value is -1.49. The average Bonchev–Trinajstić information content (AvgIpc) is 2.02. The number of rotatable bonds is 0. The molecule has 1 aromatic rings. The van der Waals surface area contributed by atoms with Crippen LogP contribution in [0, 0.1) is 0 Å². The number of aromatic amines is 2. The molecular weight excluding hydrogens is 188 g/mol. The number of hydrogen-bond donors (Lipinski definition) is 2. The molecule has 0 fully saturated rings. The zero-order valence-corrected chi connectivity index (χ0v) is 7.40. The second-order valence-corrected chi connectivity index (χ2v) is 3.22. The van der Waals surface area contributed by atoms with Crippen LogP contribution in [0.4, 0.5) is 0 Å². The molecule has 0 atom stereocenters. The number of fused-ring (bicyclic) bond motifs is 1. The molecule has 1 aliphatic rings. The van der Waals surface area contributed by atoms with Crippen molar-refractivity contribution in [3.05, 3.63) is 38.2 Å². The van der Waals surface area contributed by atoms with Crippen LogP contribution < -0.4 is 11.2 Å². The molecule has 0 bridgehead atoms. The molecule has 1 aliphatic carbocycles. The quantitative estimate of drug-likeness (QED) is 0.580. The lowest BCUT2D eigenvalue weighted by molar-refractivity contribution is 1.01. The molecule has 13 heavy (non-hydrogen) atoms. The molecule has 0 saturated heterocycles. The summed E-state index contributed by atoms with van der Waals surface area (Å²) in [6, 6.07) is 0. The third-order valence-corrected chi connectivity index (χ3v) is 2.21. The summed E-state index contributed by atoms with van der Waals surface area (Å²) in [4.78, 5) is 27.4. The maximum atomic E-state index is 11.3. The first-order valence-electron chi connectivity index (χ1n) is 3.75. The Morgan fingerprint density at radius 2 is 2.08 bits per heavy atom. The van der Waals surface area contributed by atoms with Gasteiger partial charge in [-0.15, -0.1) is 0 Å². The van der Waals surface area contributed by atoms with Gasteiger partial charge in [0.15, 0.2) is 0 Å². The Labute approximate surface area is 78.3 Å². The van der Waals surface area contributed by atoms with Gasteiger partial charge >= 0.3 is 5.69 Å². The molecule has 0 radical (unpaired) electrons. The summed E-state index contributed by atoms with van der Waals surface area (Å²) in [5.41, 5.74) is 0.00769. The molecule has 4 nitrogen and oxygen atoms in total. The molecule has 66 valence electrons. The summed E-state index contributed by atoms with van der Waals surface area (Å²) >= 11 is 5.00. The molecule has 2 N–H and O–H groups in total. The fourth-order valence-electron chi connectivity index (χ4n) is 1.29. The average molecular weight is 194 g/mol. The van der Waals surface area contributed by atoms with E-state index in [1.54, 1.807) is 6.08 Å². The van der Waals surface area contributed by atoms with Crippen LogP contribution >= 0.6 is 12.2 Å². The van der Waals surface area contributed by atoms with Crippen molar-refractivity contribution < 1.29 is 0 Å². The third-order valence-electron chi connectivity index (χ3n) is 1.84. The van der Waals surface area contributed by atoms with Crippen LogP contribution in [0.3, 0.4) is 0 Å². The van der Waals surface area contributed by atoms with Crippen LogP contribution in [0.2, 0.25) is 0 Å². The van der Waals surface area contributed by atoms with Crippen LogP contribution in [-0.2, 0) is 0 Å². The second-order valence-electron chi connectivity index (χ2n) is 2.73. The van der Waals surface area contributed by atoms with Gasteiger partial charge in [-0.1, -0.05) is 18.3 Å². The zero-order valence-electron chi connectivity index (χ0n) is 6.59. The molecule has 0 unspecified atom stereocenters. The number of hydrogen-bond acceptors (Lipinski definition) is 3. The largest absolute Gasteiger partial charge is 0.326 e. The summed E-state index contributed by atoms with van der Waals surface area (Å²) in [6.45, 7) is 0. The van der Waals surface area contributed by atoms with E-state index in [0.717, 1.165) is 0 Å². The maximum absolute atomic E-state index is 11.3. The van der Waals surface area contributed by atoms with Gasteiger partial charge in [0.1, 0.15) is 0 Å².